The molecule has 0 amide bonds. The summed E-state index contributed by atoms with van der Waals surface area (Å²) in [5.41, 5.74) is 0. The Balaban J connectivity index is 2.04. The molecule has 34 heavy (non-hydrogen) atoms. The Bertz CT molecular complexity index is 1460. The molecule has 0 saturated carbocycles. The highest BCUT2D eigenvalue weighted by Gasteiger charge is 2.24. The molecular weight excluding hydrogens is 469 g/mol. The lowest BCUT2D eigenvalue weighted by atomic mass is 10.0. The molecular formula is C27H17F6P. The zero-order valence-corrected chi connectivity index (χ0v) is 18.7. The van der Waals surface area contributed by atoms with Crippen molar-refractivity contribution in [3.05, 3.63) is 120 Å². The van der Waals surface area contributed by atoms with Gasteiger partial charge in [-0.2, -0.15) is 0 Å². The van der Waals surface area contributed by atoms with Crippen molar-refractivity contribution in [2.75, 3.05) is 0 Å². The van der Waals surface area contributed by atoms with Crippen molar-refractivity contribution in [3.63, 3.8) is 0 Å². The number of fused-ring (bicyclic) bond motifs is 3. The molecule has 7 heteroatoms. The van der Waals surface area contributed by atoms with Crippen molar-refractivity contribution < 1.29 is 26.3 Å². The first-order chi connectivity index (χ1) is 16.2. The van der Waals surface area contributed by atoms with Crippen molar-refractivity contribution in [1.29, 1.82) is 0 Å². The number of hydrogen-bond acceptors (Lipinski definition) is 0. The highest BCUT2D eigenvalue weighted by molar-refractivity contribution is 7.76. The number of hydrogen-bond donors (Lipinski definition) is 0. The summed E-state index contributed by atoms with van der Waals surface area (Å²) in [6.45, 7) is 0.992. The highest BCUT2D eigenvalue weighted by Crippen LogP contribution is 2.43. The normalized spacial score (nSPS) is 14.1. The maximum Gasteiger partial charge on any atom is 0.137 e. The van der Waals surface area contributed by atoms with Gasteiger partial charge in [-0.3, -0.25) is 0 Å². The Morgan fingerprint density at radius 1 is 0.706 bits per heavy atom. The second-order valence-electron chi connectivity index (χ2n) is 7.52. The van der Waals surface area contributed by atoms with Crippen LogP contribution in [0.2, 0.25) is 0 Å². The van der Waals surface area contributed by atoms with Gasteiger partial charge in [-0.1, -0.05) is 48.5 Å². The summed E-state index contributed by atoms with van der Waals surface area (Å²) in [4.78, 5) is 0. The Hall–Kier alpha value is -3.37. The van der Waals surface area contributed by atoms with Crippen molar-refractivity contribution in [2.24, 2.45) is 0 Å². The summed E-state index contributed by atoms with van der Waals surface area (Å²) in [5.74, 6) is -5.82. The lowest BCUT2D eigenvalue weighted by Crippen LogP contribution is -2.19. The molecule has 1 unspecified atom stereocenters. The zero-order valence-electron chi connectivity index (χ0n) is 17.8. The molecule has 1 atom stereocenters. The van der Waals surface area contributed by atoms with Crippen LogP contribution in [0.1, 0.15) is 6.92 Å². The largest absolute Gasteiger partial charge is 0.212 e. The van der Waals surface area contributed by atoms with E-state index in [1.165, 1.54) is 0 Å². The van der Waals surface area contributed by atoms with Crippen molar-refractivity contribution in [2.45, 2.75) is 6.92 Å². The third-order valence-corrected chi connectivity index (χ3v) is 7.40. The van der Waals surface area contributed by atoms with Crippen molar-refractivity contribution in [1.82, 2.24) is 0 Å². The topological polar surface area (TPSA) is 0 Å². The number of rotatable bonds is 5. The maximum absolute atomic E-state index is 14.9. The summed E-state index contributed by atoms with van der Waals surface area (Å²) >= 11 is 0. The molecule has 0 aliphatic rings. The molecule has 0 N–H and O–H groups in total. The Morgan fingerprint density at radius 3 is 1.94 bits per heavy atom. The molecule has 0 fully saturated rings. The molecule has 0 saturated heterocycles. The summed E-state index contributed by atoms with van der Waals surface area (Å²) in [6, 6.07) is 17.2. The number of benzene rings is 4. The molecule has 0 heterocycles. The van der Waals surface area contributed by atoms with Gasteiger partial charge >= 0.3 is 0 Å². The van der Waals surface area contributed by atoms with E-state index in [1.807, 2.05) is 24.3 Å². The van der Waals surface area contributed by atoms with Gasteiger partial charge in [-0.15, -0.1) is 0 Å². The van der Waals surface area contributed by atoms with Crippen LogP contribution in [0.15, 0.2) is 102 Å². The fourth-order valence-corrected chi connectivity index (χ4v) is 5.93. The van der Waals surface area contributed by atoms with Crippen LogP contribution in [-0.4, -0.2) is 0 Å². The average molecular weight is 486 g/mol. The molecule has 0 aliphatic carbocycles. The van der Waals surface area contributed by atoms with Crippen LogP contribution in [0.25, 0.3) is 21.5 Å². The van der Waals surface area contributed by atoms with E-state index in [-0.39, 0.29) is 0 Å². The molecule has 172 valence electrons. The second kappa shape index (κ2) is 9.86. The van der Waals surface area contributed by atoms with Crippen LogP contribution in [0.4, 0.5) is 26.3 Å². The van der Waals surface area contributed by atoms with Gasteiger partial charge < -0.3 is 0 Å². The van der Waals surface area contributed by atoms with E-state index in [2.05, 4.69) is 0 Å². The third-order valence-electron chi connectivity index (χ3n) is 5.09. The first-order valence-corrected chi connectivity index (χ1v) is 11.6. The molecule has 0 bridgehead atoms. The zero-order chi connectivity index (χ0) is 24.4. The minimum atomic E-state index is -2.25. The van der Waals surface area contributed by atoms with Crippen LogP contribution in [0, 0.1) is 17.5 Å². The predicted molar refractivity (Wildman–Crippen MR) is 127 cm³/mol. The van der Waals surface area contributed by atoms with Gasteiger partial charge in [0.25, 0.3) is 0 Å². The van der Waals surface area contributed by atoms with E-state index in [1.54, 1.807) is 30.3 Å². The second-order valence-corrected chi connectivity index (χ2v) is 9.45. The molecule has 0 spiro atoms. The van der Waals surface area contributed by atoms with E-state index in [4.69, 9.17) is 0 Å². The van der Waals surface area contributed by atoms with Gasteiger partial charge in [-0.05, 0) is 53.6 Å². The smallest absolute Gasteiger partial charge is 0.137 e. The first-order valence-electron chi connectivity index (χ1n) is 10.2. The fourth-order valence-electron chi connectivity index (χ4n) is 3.78. The van der Waals surface area contributed by atoms with Gasteiger partial charge in [0.05, 0.1) is 11.1 Å². The van der Waals surface area contributed by atoms with E-state index < -0.39 is 48.2 Å². The van der Waals surface area contributed by atoms with Gasteiger partial charge in [0.1, 0.15) is 29.1 Å². The monoisotopic (exact) mass is 486 g/mol. The van der Waals surface area contributed by atoms with Crippen LogP contribution >= 0.6 is 7.92 Å². The van der Waals surface area contributed by atoms with Crippen molar-refractivity contribution in [3.8, 4) is 0 Å². The van der Waals surface area contributed by atoms with E-state index in [0.29, 0.717) is 35.0 Å². The molecule has 0 nitrogen and oxygen atoms in total. The first kappa shape index (κ1) is 23.8. The van der Waals surface area contributed by atoms with Crippen LogP contribution in [-0.2, 0) is 0 Å². The average Bonchev–Trinajstić information content (AvgIpc) is 2.76. The van der Waals surface area contributed by atoms with Crippen LogP contribution in [0.5, 0.6) is 0 Å². The maximum atomic E-state index is 14.9. The molecule has 4 aromatic rings. The summed E-state index contributed by atoms with van der Waals surface area (Å²) in [6.07, 6.45) is 0.918. The molecule has 0 aliphatic heterocycles. The van der Waals surface area contributed by atoms with Gasteiger partial charge in [-0.25, -0.2) is 26.3 Å². The standard InChI is InChI=1S/C27H17F6P/c1-16(28)10-18(29)12-20(31)15-34(27-24(32)13-19(30)14-25(27)33)26-11-17-6-2-3-7-21(17)22-8-4-5-9-23(22)26/h2-15H,1H3/b16-10+,18-12+,20-15-. The van der Waals surface area contributed by atoms with Crippen LogP contribution < -0.4 is 10.6 Å². The fraction of sp³-hybridized carbons (Fsp3) is 0.0370. The van der Waals surface area contributed by atoms with Gasteiger partial charge in [0.2, 0.25) is 0 Å². The van der Waals surface area contributed by atoms with E-state index >= 15 is 0 Å². The lowest BCUT2D eigenvalue weighted by Gasteiger charge is -2.20. The summed E-state index contributed by atoms with van der Waals surface area (Å²) < 4.78 is 85.1. The number of halogens is 6. The highest BCUT2D eigenvalue weighted by atomic mass is 31.1. The predicted octanol–water partition coefficient (Wildman–Crippen LogP) is 8.38. The molecule has 4 rings (SSSR count). The van der Waals surface area contributed by atoms with E-state index in [9.17, 15) is 26.3 Å². The Kier molecular flexibility index (Phi) is 6.90. The minimum absolute atomic E-state index is 0.398. The molecule has 4 aromatic carbocycles. The minimum Gasteiger partial charge on any atom is -0.212 e. The van der Waals surface area contributed by atoms with Gasteiger partial charge in [0.15, 0.2) is 0 Å². The Morgan fingerprint density at radius 2 is 1.29 bits per heavy atom. The SMILES string of the molecule is C\C(F)=C/C(F)=C\C(F)=C\P(c1c(F)cc(F)cc1F)c1cc2ccccc2c2ccccc12. The lowest BCUT2D eigenvalue weighted by molar-refractivity contribution is 0.554. The van der Waals surface area contributed by atoms with Crippen molar-refractivity contribution >= 4 is 40.1 Å². The van der Waals surface area contributed by atoms with E-state index in [0.717, 1.165) is 28.9 Å². The third kappa shape index (κ3) is 4.92. The van der Waals surface area contributed by atoms with Gasteiger partial charge in [0, 0.05) is 24.3 Å². The quantitative estimate of drug-likeness (QED) is 0.115. The molecule has 0 aromatic heterocycles. The molecule has 0 radical (unpaired) electrons. The summed E-state index contributed by atoms with van der Waals surface area (Å²) in [7, 11) is -2.25. The summed E-state index contributed by atoms with van der Waals surface area (Å²) in [5, 5.41) is 2.89. The number of allylic oxidation sites excluding steroid dienone is 5. The van der Waals surface area contributed by atoms with Crippen LogP contribution in [0.3, 0.4) is 0 Å². The Labute approximate surface area is 193 Å².